The van der Waals surface area contributed by atoms with Gasteiger partial charge in [-0.1, -0.05) is 25.2 Å². The first-order valence-corrected chi connectivity index (χ1v) is 6.96. The minimum atomic E-state index is -0.253. The van der Waals surface area contributed by atoms with Crippen molar-refractivity contribution in [2.75, 3.05) is 18.5 Å². The van der Waals surface area contributed by atoms with E-state index in [0.717, 1.165) is 24.5 Å². The quantitative estimate of drug-likeness (QED) is 0.877. The van der Waals surface area contributed by atoms with Gasteiger partial charge in [-0.15, -0.1) is 10.2 Å². The normalized spacial score (nSPS) is 19.2. The maximum atomic E-state index is 11.6. The Kier molecular flexibility index (Phi) is 4.48. The van der Waals surface area contributed by atoms with Gasteiger partial charge in [-0.05, 0) is 12.8 Å². The monoisotopic (exact) mass is 270 g/mol. The molecule has 0 aliphatic carbocycles. The van der Waals surface area contributed by atoms with E-state index in [1.54, 1.807) is 0 Å². The van der Waals surface area contributed by atoms with Gasteiger partial charge in [-0.3, -0.25) is 5.32 Å². The van der Waals surface area contributed by atoms with Gasteiger partial charge in [-0.25, -0.2) is 4.79 Å². The molecular weight excluding hydrogens is 252 g/mol. The Labute approximate surface area is 110 Å². The fraction of sp³-hybridized carbons (Fsp3) is 0.727. The van der Waals surface area contributed by atoms with Crippen LogP contribution in [0, 0.1) is 0 Å². The summed E-state index contributed by atoms with van der Waals surface area (Å²) in [5.74, 6) is 0.327. The van der Waals surface area contributed by atoms with Crippen LogP contribution in [0.1, 0.15) is 37.6 Å². The van der Waals surface area contributed by atoms with Gasteiger partial charge in [0.15, 0.2) is 0 Å². The van der Waals surface area contributed by atoms with E-state index in [1.807, 2.05) is 13.8 Å². The smallest absolute Gasteiger partial charge is 0.321 e. The summed E-state index contributed by atoms with van der Waals surface area (Å²) >= 11 is 1.40. The van der Waals surface area contributed by atoms with Crippen molar-refractivity contribution in [1.82, 2.24) is 15.5 Å². The van der Waals surface area contributed by atoms with E-state index in [9.17, 15) is 4.79 Å². The van der Waals surface area contributed by atoms with Crippen LogP contribution in [0.2, 0.25) is 0 Å². The van der Waals surface area contributed by atoms with Crippen LogP contribution in [0.15, 0.2) is 0 Å². The molecule has 0 saturated carbocycles. The molecule has 1 aliphatic rings. The van der Waals surface area contributed by atoms with E-state index in [-0.39, 0.29) is 12.1 Å². The number of nitrogens with zero attached hydrogens (tertiary/aromatic N) is 2. The van der Waals surface area contributed by atoms with E-state index in [0.29, 0.717) is 17.6 Å². The lowest BCUT2D eigenvalue weighted by atomic mass is 10.2. The number of carbonyl (C=O) groups is 1. The first kappa shape index (κ1) is 13.2. The molecule has 1 aliphatic heterocycles. The second-order valence-corrected chi connectivity index (χ2v) is 5.58. The van der Waals surface area contributed by atoms with Crippen LogP contribution in [0.3, 0.4) is 0 Å². The predicted octanol–water partition coefficient (Wildman–Crippen LogP) is 1.96. The lowest BCUT2D eigenvalue weighted by molar-refractivity contribution is 0.112. The molecule has 2 amide bonds. The Morgan fingerprint density at radius 3 is 3.00 bits per heavy atom. The topological polar surface area (TPSA) is 76.1 Å². The van der Waals surface area contributed by atoms with Gasteiger partial charge in [0, 0.05) is 19.1 Å². The number of amides is 2. The highest BCUT2D eigenvalue weighted by Crippen LogP contribution is 2.22. The summed E-state index contributed by atoms with van der Waals surface area (Å²) in [7, 11) is 0. The van der Waals surface area contributed by atoms with Gasteiger partial charge in [0.05, 0.1) is 6.10 Å². The predicted molar refractivity (Wildman–Crippen MR) is 70.0 cm³/mol. The molecule has 7 heteroatoms. The van der Waals surface area contributed by atoms with Crippen LogP contribution >= 0.6 is 11.3 Å². The van der Waals surface area contributed by atoms with Gasteiger partial charge in [-0.2, -0.15) is 0 Å². The van der Waals surface area contributed by atoms with Gasteiger partial charge in [0.25, 0.3) is 0 Å². The van der Waals surface area contributed by atoms with Crippen LogP contribution in [-0.4, -0.2) is 35.5 Å². The number of urea groups is 1. The zero-order valence-electron chi connectivity index (χ0n) is 10.6. The maximum Gasteiger partial charge on any atom is 0.321 e. The molecule has 0 radical (unpaired) electrons. The van der Waals surface area contributed by atoms with Gasteiger partial charge < -0.3 is 10.1 Å². The van der Waals surface area contributed by atoms with Gasteiger partial charge in [0.1, 0.15) is 5.01 Å². The van der Waals surface area contributed by atoms with E-state index in [1.165, 1.54) is 11.3 Å². The Morgan fingerprint density at radius 2 is 2.39 bits per heavy atom. The molecule has 1 atom stereocenters. The van der Waals surface area contributed by atoms with Gasteiger partial charge in [0.2, 0.25) is 5.13 Å². The number of hydrogen-bond acceptors (Lipinski definition) is 5. The molecule has 0 spiro atoms. The third-order valence-electron chi connectivity index (χ3n) is 2.67. The molecule has 1 aromatic heterocycles. The summed E-state index contributed by atoms with van der Waals surface area (Å²) in [6.45, 7) is 5.42. The SMILES string of the molecule is CC(C)c1nnc(NC(=O)NCC2CCCO2)s1. The van der Waals surface area contributed by atoms with Crippen LogP contribution in [-0.2, 0) is 4.74 Å². The summed E-state index contributed by atoms with van der Waals surface area (Å²) < 4.78 is 5.42. The zero-order chi connectivity index (χ0) is 13.0. The highest BCUT2D eigenvalue weighted by atomic mass is 32.1. The fourth-order valence-electron chi connectivity index (χ4n) is 1.67. The minimum absolute atomic E-state index is 0.149. The summed E-state index contributed by atoms with van der Waals surface area (Å²) in [6, 6.07) is -0.253. The summed E-state index contributed by atoms with van der Waals surface area (Å²) in [5, 5.41) is 14.8. The molecule has 2 heterocycles. The summed E-state index contributed by atoms with van der Waals surface area (Å²) in [4.78, 5) is 11.6. The van der Waals surface area contributed by atoms with E-state index in [4.69, 9.17) is 4.74 Å². The highest BCUT2D eigenvalue weighted by Gasteiger charge is 2.16. The molecular formula is C11H18N4O2S. The molecule has 1 aromatic rings. The van der Waals surface area contributed by atoms with Crippen molar-refractivity contribution in [3.05, 3.63) is 5.01 Å². The average Bonchev–Trinajstić information content (AvgIpc) is 2.96. The van der Waals surface area contributed by atoms with Crippen molar-refractivity contribution in [1.29, 1.82) is 0 Å². The van der Waals surface area contributed by atoms with Crippen LogP contribution in [0.25, 0.3) is 0 Å². The third kappa shape index (κ3) is 3.64. The standard InChI is InChI=1S/C11H18N4O2S/c1-7(2)9-14-15-11(18-9)13-10(16)12-6-8-4-3-5-17-8/h7-8H,3-6H2,1-2H3,(H2,12,13,15,16). The second kappa shape index (κ2) is 6.10. The van der Waals surface area contributed by atoms with Crippen LogP contribution < -0.4 is 10.6 Å². The van der Waals surface area contributed by atoms with E-state index < -0.39 is 0 Å². The lowest BCUT2D eigenvalue weighted by Crippen LogP contribution is -2.34. The maximum absolute atomic E-state index is 11.6. The molecule has 18 heavy (non-hydrogen) atoms. The van der Waals surface area contributed by atoms with Gasteiger partial charge >= 0.3 is 6.03 Å². The Balaban J connectivity index is 1.75. The molecule has 0 bridgehead atoms. The van der Waals surface area contributed by atoms with Crippen LogP contribution in [0.5, 0.6) is 0 Å². The zero-order valence-corrected chi connectivity index (χ0v) is 11.4. The molecule has 1 fully saturated rings. The van der Waals surface area contributed by atoms with Crippen molar-refractivity contribution < 1.29 is 9.53 Å². The van der Waals surface area contributed by atoms with Crippen molar-refractivity contribution in [3.63, 3.8) is 0 Å². The fourth-order valence-corrected chi connectivity index (χ4v) is 2.41. The highest BCUT2D eigenvalue weighted by molar-refractivity contribution is 7.15. The van der Waals surface area contributed by atoms with Crippen LogP contribution in [0.4, 0.5) is 9.93 Å². The summed E-state index contributed by atoms with van der Waals surface area (Å²) in [6.07, 6.45) is 2.23. The number of aromatic nitrogens is 2. The van der Waals surface area contributed by atoms with E-state index >= 15 is 0 Å². The first-order chi connectivity index (χ1) is 8.65. The molecule has 1 saturated heterocycles. The number of anilines is 1. The number of ether oxygens (including phenoxy) is 1. The average molecular weight is 270 g/mol. The first-order valence-electron chi connectivity index (χ1n) is 6.15. The van der Waals surface area contributed by atoms with Crippen molar-refractivity contribution in [2.24, 2.45) is 0 Å². The number of carbonyl (C=O) groups excluding carboxylic acids is 1. The Hall–Kier alpha value is -1.21. The Morgan fingerprint density at radius 1 is 1.56 bits per heavy atom. The van der Waals surface area contributed by atoms with Crippen molar-refractivity contribution >= 4 is 22.5 Å². The number of nitrogens with one attached hydrogen (secondary N) is 2. The number of hydrogen-bond donors (Lipinski definition) is 2. The molecule has 0 aromatic carbocycles. The summed E-state index contributed by atoms with van der Waals surface area (Å²) in [5.41, 5.74) is 0. The second-order valence-electron chi connectivity index (χ2n) is 4.57. The minimum Gasteiger partial charge on any atom is -0.376 e. The largest absolute Gasteiger partial charge is 0.376 e. The third-order valence-corrected chi connectivity index (χ3v) is 3.81. The van der Waals surface area contributed by atoms with Crippen molar-refractivity contribution in [3.8, 4) is 0 Å². The Bertz CT molecular complexity index is 402. The molecule has 1 unspecified atom stereocenters. The molecule has 2 rings (SSSR count). The number of rotatable bonds is 4. The molecule has 6 nitrogen and oxygen atoms in total. The van der Waals surface area contributed by atoms with E-state index in [2.05, 4.69) is 20.8 Å². The molecule has 2 N–H and O–H groups in total. The van der Waals surface area contributed by atoms with Crippen molar-refractivity contribution in [2.45, 2.75) is 38.7 Å². The molecule has 100 valence electrons. The lowest BCUT2D eigenvalue weighted by Gasteiger charge is -2.10.